The predicted octanol–water partition coefficient (Wildman–Crippen LogP) is 1.28. The Morgan fingerprint density at radius 3 is 2.65 bits per heavy atom. The van der Waals surface area contributed by atoms with Crippen molar-refractivity contribution in [2.45, 2.75) is 32.2 Å². The molecule has 1 aromatic carbocycles. The average molecular weight is 272 g/mol. The highest BCUT2D eigenvalue weighted by atomic mass is 16.4. The number of nitrogens with zero attached hydrogens (tertiary/aromatic N) is 4. The van der Waals surface area contributed by atoms with Crippen LogP contribution < -0.4 is 0 Å². The molecule has 20 heavy (non-hydrogen) atoms. The summed E-state index contributed by atoms with van der Waals surface area (Å²) in [5, 5.41) is 20.7. The molecule has 0 aliphatic heterocycles. The van der Waals surface area contributed by atoms with Gasteiger partial charge in [-0.15, -0.1) is 5.10 Å². The molecule has 1 heterocycles. The number of hydrogen-bond donors (Lipinski definition) is 1. The van der Waals surface area contributed by atoms with Gasteiger partial charge in [0.15, 0.2) is 5.82 Å². The van der Waals surface area contributed by atoms with Gasteiger partial charge in [0, 0.05) is 5.92 Å². The molecule has 6 heteroatoms. The molecule has 0 spiro atoms. The first-order chi connectivity index (χ1) is 9.65. The van der Waals surface area contributed by atoms with Crippen molar-refractivity contribution in [1.29, 1.82) is 0 Å². The van der Waals surface area contributed by atoms with Crippen molar-refractivity contribution in [3.63, 3.8) is 0 Å². The summed E-state index contributed by atoms with van der Waals surface area (Å²) in [6.45, 7) is 1.97. The van der Waals surface area contributed by atoms with Crippen LogP contribution in [0.2, 0.25) is 0 Å². The summed E-state index contributed by atoms with van der Waals surface area (Å²) in [5.74, 6) is -0.306. The lowest BCUT2D eigenvalue weighted by Crippen LogP contribution is -2.20. The number of fused-ring (bicyclic) bond motifs is 1. The lowest BCUT2D eigenvalue weighted by atomic mass is 10.1. The standard InChI is InChI=1S/C14H16N4O2/c1-9(14(19)20)8-18-13(15-16-17-18)12-6-10-4-2-3-5-11(10)7-12/h2-5,9,12H,6-8H2,1H3,(H,19,20). The van der Waals surface area contributed by atoms with Crippen LogP contribution in [0.3, 0.4) is 0 Å². The molecule has 1 aliphatic carbocycles. The van der Waals surface area contributed by atoms with Crippen molar-refractivity contribution in [2.75, 3.05) is 0 Å². The van der Waals surface area contributed by atoms with E-state index in [1.165, 1.54) is 11.1 Å². The van der Waals surface area contributed by atoms with Crippen molar-refractivity contribution in [2.24, 2.45) is 5.92 Å². The van der Waals surface area contributed by atoms with Crippen LogP contribution in [-0.2, 0) is 24.2 Å². The zero-order chi connectivity index (χ0) is 14.1. The summed E-state index contributed by atoms with van der Waals surface area (Å²) >= 11 is 0. The number of carboxylic acid groups (broad SMARTS) is 1. The molecule has 0 fully saturated rings. The molecule has 1 aliphatic rings. The van der Waals surface area contributed by atoms with Gasteiger partial charge in [0.05, 0.1) is 12.5 Å². The first kappa shape index (κ1) is 12.8. The third-order valence-corrected chi connectivity index (χ3v) is 3.84. The minimum atomic E-state index is -0.832. The van der Waals surface area contributed by atoms with Gasteiger partial charge < -0.3 is 5.11 Å². The Morgan fingerprint density at radius 2 is 2.05 bits per heavy atom. The fourth-order valence-corrected chi connectivity index (χ4v) is 2.71. The largest absolute Gasteiger partial charge is 0.481 e. The van der Waals surface area contributed by atoms with Crippen molar-refractivity contribution in [3.8, 4) is 0 Å². The number of benzene rings is 1. The highest BCUT2D eigenvalue weighted by Gasteiger charge is 2.28. The summed E-state index contributed by atoms with van der Waals surface area (Å²) in [4.78, 5) is 11.0. The van der Waals surface area contributed by atoms with E-state index in [0.717, 1.165) is 18.7 Å². The molecule has 1 N–H and O–H groups in total. The molecule has 1 aromatic heterocycles. The Morgan fingerprint density at radius 1 is 1.40 bits per heavy atom. The zero-order valence-electron chi connectivity index (χ0n) is 11.2. The number of rotatable bonds is 4. The van der Waals surface area contributed by atoms with Crippen LogP contribution in [-0.4, -0.2) is 31.3 Å². The number of hydrogen-bond acceptors (Lipinski definition) is 4. The van der Waals surface area contributed by atoms with Gasteiger partial charge in [-0.05, 0) is 34.4 Å². The smallest absolute Gasteiger partial charge is 0.308 e. The molecule has 0 amide bonds. The van der Waals surface area contributed by atoms with Gasteiger partial charge in [0.1, 0.15) is 0 Å². The van der Waals surface area contributed by atoms with E-state index in [-0.39, 0.29) is 5.92 Å². The van der Waals surface area contributed by atoms with Gasteiger partial charge >= 0.3 is 5.97 Å². The highest BCUT2D eigenvalue weighted by molar-refractivity contribution is 5.69. The molecule has 3 rings (SSSR count). The number of carboxylic acids is 1. The Balaban J connectivity index is 1.80. The Kier molecular flexibility index (Phi) is 3.22. The quantitative estimate of drug-likeness (QED) is 0.906. The van der Waals surface area contributed by atoms with Gasteiger partial charge in [0.25, 0.3) is 0 Å². The van der Waals surface area contributed by atoms with E-state index in [1.54, 1.807) is 11.6 Å². The second kappa shape index (κ2) is 5.03. The van der Waals surface area contributed by atoms with Crippen LogP contribution in [0.1, 0.15) is 29.8 Å². The molecule has 0 radical (unpaired) electrons. The first-order valence-corrected chi connectivity index (χ1v) is 6.71. The molecule has 6 nitrogen and oxygen atoms in total. The Hall–Kier alpha value is -2.24. The maximum absolute atomic E-state index is 11.0. The second-order valence-corrected chi connectivity index (χ2v) is 5.33. The monoisotopic (exact) mass is 272 g/mol. The number of aliphatic carboxylic acids is 1. The minimum absolute atomic E-state index is 0.239. The van der Waals surface area contributed by atoms with Crippen LogP contribution in [0.4, 0.5) is 0 Å². The van der Waals surface area contributed by atoms with E-state index in [4.69, 9.17) is 5.11 Å². The van der Waals surface area contributed by atoms with Gasteiger partial charge in [-0.2, -0.15) is 0 Å². The van der Waals surface area contributed by atoms with E-state index in [2.05, 4.69) is 27.7 Å². The van der Waals surface area contributed by atoms with Crippen LogP contribution in [0, 0.1) is 5.92 Å². The third-order valence-electron chi connectivity index (χ3n) is 3.84. The number of aromatic nitrogens is 4. The zero-order valence-corrected chi connectivity index (χ0v) is 11.2. The van der Waals surface area contributed by atoms with E-state index < -0.39 is 11.9 Å². The van der Waals surface area contributed by atoms with Crippen molar-refractivity contribution < 1.29 is 9.90 Å². The van der Waals surface area contributed by atoms with Crippen LogP contribution in [0.25, 0.3) is 0 Å². The van der Waals surface area contributed by atoms with Crippen LogP contribution >= 0.6 is 0 Å². The molecule has 104 valence electrons. The van der Waals surface area contributed by atoms with E-state index in [9.17, 15) is 4.79 Å². The summed E-state index contributed by atoms with van der Waals surface area (Å²) < 4.78 is 1.63. The van der Waals surface area contributed by atoms with Gasteiger partial charge in [-0.25, -0.2) is 4.68 Å². The lowest BCUT2D eigenvalue weighted by Gasteiger charge is -2.11. The summed E-state index contributed by atoms with van der Waals surface area (Å²) in [5.41, 5.74) is 2.66. The summed E-state index contributed by atoms with van der Waals surface area (Å²) in [7, 11) is 0. The minimum Gasteiger partial charge on any atom is -0.481 e. The van der Waals surface area contributed by atoms with Crippen LogP contribution in [0.15, 0.2) is 24.3 Å². The van der Waals surface area contributed by atoms with E-state index in [1.807, 2.05) is 12.1 Å². The molecule has 0 bridgehead atoms. The maximum atomic E-state index is 11.0. The van der Waals surface area contributed by atoms with Crippen molar-refractivity contribution in [1.82, 2.24) is 20.2 Å². The maximum Gasteiger partial charge on any atom is 0.308 e. The Bertz CT molecular complexity index is 613. The fraction of sp³-hybridized carbons (Fsp3) is 0.429. The Labute approximate surface area is 116 Å². The third kappa shape index (κ3) is 2.29. The number of carbonyl (C=O) groups is 1. The predicted molar refractivity (Wildman–Crippen MR) is 71.2 cm³/mol. The van der Waals surface area contributed by atoms with Crippen LogP contribution in [0.5, 0.6) is 0 Å². The van der Waals surface area contributed by atoms with E-state index in [0.29, 0.717) is 6.54 Å². The summed E-state index contributed by atoms with van der Waals surface area (Å²) in [6, 6.07) is 8.33. The summed E-state index contributed by atoms with van der Waals surface area (Å²) in [6.07, 6.45) is 1.83. The normalized spacial score (nSPS) is 16.1. The topological polar surface area (TPSA) is 80.9 Å². The SMILES string of the molecule is CC(Cn1nnnc1C1Cc2ccccc2C1)C(=O)O. The first-order valence-electron chi connectivity index (χ1n) is 6.71. The van der Waals surface area contributed by atoms with Gasteiger partial charge in [-0.1, -0.05) is 31.2 Å². The molecular weight excluding hydrogens is 256 g/mol. The molecule has 1 unspecified atom stereocenters. The highest BCUT2D eigenvalue weighted by Crippen LogP contribution is 2.32. The van der Waals surface area contributed by atoms with Gasteiger partial charge in [0.2, 0.25) is 0 Å². The fourth-order valence-electron chi connectivity index (χ4n) is 2.71. The lowest BCUT2D eigenvalue weighted by molar-refractivity contribution is -0.141. The van der Waals surface area contributed by atoms with Gasteiger partial charge in [-0.3, -0.25) is 4.79 Å². The molecule has 0 saturated carbocycles. The molecule has 2 aromatic rings. The molecule has 1 atom stereocenters. The second-order valence-electron chi connectivity index (χ2n) is 5.33. The molecular formula is C14H16N4O2. The van der Waals surface area contributed by atoms with Crippen molar-refractivity contribution >= 4 is 5.97 Å². The van der Waals surface area contributed by atoms with E-state index >= 15 is 0 Å². The molecule has 0 saturated heterocycles. The number of tetrazole rings is 1. The van der Waals surface area contributed by atoms with Crippen molar-refractivity contribution in [3.05, 3.63) is 41.2 Å². The average Bonchev–Trinajstić information content (AvgIpc) is 3.03.